The summed E-state index contributed by atoms with van der Waals surface area (Å²) in [6, 6.07) is 2.25. The maximum absolute atomic E-state index is 9.14. The van der Waals surface area contributed by atoms with Gasteiger partial charge < -0.3 is 0 Å². The van der Waals surface area contributed by atoms with E-state index < -0.39 is 5.54 Å². The zero-order valence-corrected chi connectivity index (χ0v) is 11.0. The largest absolute Gasteiger partial charge is 0.196 e. The number of nitriles is 1. The average molecular weight is 209 g/mol. The molecular formula is C12H23N3. The summed E-state index contributed by atoms with van der Waals surface area (Å²) in [6.07, 6.45) is 0.718. The van der Waals surface area contributed by atoms with Crippen molar-refractivity contribution in [3.8, 4) is 6.07 Å². The van der Waals surface area contributed by atoms with Gasteiger partial charge in [0, 0.05) is 0 Å². The van der Waals surface area contributed by atoms with Crippen LogP contribution in [0.1, 0.15) is 54.9 Å². The van der Waals surface area contributed by atoms with Gasteiger partial charge in [0.25, 0.3) is 0 Å². The van der Waals surface area contributed by atoms with Crippen LogP contribution in [-0.4, -0.2) is 11.1 Å². The number of hydrogen-bond donors (Lipinski definition) is 0. The van der Waals surface area contributed by atoms with Gasteiger partial charge in [-0.05, 0) is 39.5 Å². The number of rotatable bonds is 2. The van der Waals surface area contributed by atoms with Crippen molar-refractivity contribution in [2.24, 2.45) is 15.6 Å². The second kappa shape index (κ2) is 4.30. The molecule has 0 rings (SSSR count). The highest BCUT2D eigenvalue weighted by Crippen LogP contribution is 2.30. The van der Waals surface area contributed by atoms with Crippen molar-refractivity contribution < 1.29 is 0 Å². The first-order valence-corrected chi connectivity index (χ1v) is 5.33. The summed E-state index contributed by atoms with van der Waals surface area (Å²) in [6.45, 7) is 14.1. The molecule has 0 saturated carbocycles. The molecule has 0 saturated heterocycles. The topological polar surface area (TPSA) is 48.5 Å². The highest BCUT2D eigenvalue weighted by molar-refractivity contribution is 5.05. The normalized spacial score (nSPS) is 17.5. The van der Waals surface area contributed by atoms with Crippen LogP contribution in [-0.2, 0) is 0 Å². The highest BCUT2D eigenvalue weighted by Gasteiger charge is 2.30. The predicted octanol–water partition coefficient (Wildman–Crippen LogP) is 3.96. The molecule has 0 aliphatic carbocycles. The third-order valence-electron chi connectivity index (χ3n) is 1.69. The molecule has 0 spiro atoms. The molecule has 0 N–H and O–H groups in total. The molecule has 0 aromatic heterocycles. The predicted molar refractivity (Wildman–Crippen MR) is 62.7 cm³/mol. The van der Waals surface area contributed by atoms with Crippen molar-refractivity contribution >= 4 is 0 Å². The van der Waals surface area contributed by atoms with Crippen LogP contribution in [0.2, 0.25) is 0 Å². The minimum absolute atomic E-state index is 0.0847. The Morgan fingerprint density at radius 3 is 1.67 bits per heavy atom. The van der Waals surface area contributed by atoms with Gasteiger partial charge in [-0.2, -0.15) is 15.5 Å². The van der Waals surface area contributed by atoms with Gasteiger partial charge in [0.1, 0.15) is 0 Å². The van der Waals surface area contributed by atoms with Gasteiger partial charge in [0.2, 0.25) is 0 Å². The first-order valence-electron chi connectivity index (χ1n) is 5.33. The molecule has 3 heteroatoms. The van der Waals surface area contributed by atoms with Gasteiger partial charge in [-0.15, -0.1) is 0 Å². The standard InChI is InChI=1S/C12H23N3/c1-10(2,3)8-12(7,9-13)15-14-11(4,5)6/h8H2,1-7H3/b15-14+. The van der Waals surface area contributed by atoms with E-state index in [1.807, 2.05) is 27.7 Å². The van der Waals surface area contributed by atoms with Crippen LogP contribution in [0.25, 0.3) is 0 Å². The quantitative estimate of drug-likeness (QED) is 0.635. The van der Waals surface area contributed by atoms with E-state index in [0.717, 1.165) is 6.42 Å². The Balaban J connectivity index is 4.76. The first kappa shape index (κ1) is 14.1. The van der Waals surface area contributed by atoms with Crippen molar-refractivity contribution in [1.29, 1.82) is 5.26 Å². The maximum Gasteiger partial charge on any atom is 0.165 e. The molecule has 1 unspecified atom stereocenters. The van der Waals surface area contributed by atoms with Crippen LogP contribution in [0.4, 0.5) is 0 Å². The monoisotopic (exact) mass is 209 g/mol. The molecule has 0 heterocycles. The Morgan fingerprint density at radius 1 is 0.933 bits per heavy atom. The van der Waals surface area contributed by atoms with E-state index in [0.29, 0.717) is 0 Å². The van der Waals surface area contributed by atoms with E-state index in [9.17, 15) is 0 Å². The summed E-state index contributed by atoms with van der Waals surface area (Å²) in [4.78, 5) is 0. The molecule has 0 aromatic carbocycles. The molecule has 0 aliphatic rings. The summed E-state index contributed by atoms with van der Waals surface area (Å²) in [7, 11) is 0. The number of azo groups is 1. The summed E-state index contributed by atoms with van der Waals surface area (Å²) in [5.74, 6) is 0. The van der Waals surface area contributed by atoms with Crippen LogP contribution in [0.15, 0.2) is 10.2 Å². The lowest BCUT2D eigenvalue weighted by molar-refractivity contribution is 0.300. The second-order valence-electron chi connectivity index (χ2n) is 6.49. The third kappa shape index (κ3) is 7.07. The highest BCUT2D eigenvalue weighted by atomic mass is 15.2. The average Bonchev–Trinajstić information content (AvgIpc) is 1.97. The van der Waals surface area contributed by atoms with Gasteiger partial charge in [-0.25, -0.2) is 0 Å². The number of nitrogens with zero attached hydrogens (tertiary/aromatic N) is 3. The number of hydrogen-bond acceptors (Lipinski definition) is 3. The Labute approximate surface area is 93.6 Å². The molecule has 0 bridgehead atoms. The minimum atomic E-state index is -0.703. The van der Waals surface area contributed by atoms with Crippen LogP contribution in [0.3, 0.4) is 0 Å². The third-order valence-corrected chi connectivity index (χ3v) is 1.69. The van der Waals surface area contributed by atoms with Crippen molar-refractivity contribution in [1.82, 2.24) is 0 Å². The van der Waals surface area contributed by atoms with Gasteiger partial charge >= 0.3 is 0 Å². The Morgan fingerprint density at radius 2 is 1.40 bits per heavy atom. The molecule has 0 amide bonds. The van der Waals surface area contributed by atoms with E-state index in [2.05, 4.69) is 37.1 Å². The second-order valence-corrected chi connectivity index (χ2v) is 6.49. The van der Waals surface area contributed by atoms with Crippen LogP contribution < -0.4 is 0 Å². The molecule has 15 heavy (non-hydrogen) atoms. The van der Waals surface area contributed by atoms with Crippen LogP contribution >= 0.6 is 0 Å². The maximum atomic E-state index is 9.14. The van der Waals surface area contributed by atoms with E-state index in [4.69, 9.17) is 5.26 Å². The Bertz CT molecular complexity index is 273. The van der Waals surface area contributed by atoms with Crippen molar-refractivity contribution in [2.75, 3.05) is 0 Å². The molecule has 0 radical (unpaired) electrons. The summed E-state index contributed by atoms with van der Waals surface area (Å²) in [5.41, 5.74) is -0.830. The lowest BCUT2D eigenvalue weighted by Crippen LogP contribution is -2.27. The van der Waals surface area contributed by atoms with E-state index in [-0.39, 0.29) is 11.0 Å². The van der Waals surface area contributed by atoms with Crippen molar-refractivity contribution in [2.45, 2.75) is 66.0 Å². The molecule has 0 fully saturated rings. The molecule has 0 aromatic rings. The Hall–Kier alpha value is -0.910. The van der Waals surface area contributed by atoms with E-state index >= 15 is 0 Å². The van der Waals surface area contributed by atoms with Gasteiger partial charge in [-0.1, -0.05) is 20.8 Å². The van der Waals surface area contributed by atoms with E-state index in [1.165, 1.54) is 0 Å². The molecule has 86 valence electrons. The summed E-state index contributed by atoms with van der Waals surface area (Å²) >= 11 is 0. The molecule has 0 aliphatic heterocycles. The molecular weight excluding hydrogens is 186 g/mol. The fourth-order valence-corrected chi connectivity index (χ4v) is 1.39. The van der Waals surface area contributed by atoms with Crippen molar-refractivity contribution in [3.63, 3.8) is 0 Å². The Kier molecular flexibility index (Phi) is 4.04. The van der Waals surface area contributed by atoms with Gasteiger partial charge in [-0.3, -0.25) is 0 Å². The zero-order chi connectivity index (χ0) is 12.3. The van der Waals surface area contributed by atoms with E-state index in [1.54, 1.807) is 0 Å². The fraction of sp³-hybridized carbons (Fsp3) is 0.917. The zero-order valence-electron chi connectivity index (χ0n) is 11.0. The van der Waals surface area contributed by atoms with Gasteiger partial charge in [0.05, 0.1) is 11.6 Å². The fourth-order valence-electron chi connectivity index (χ4n) is 1.39. The lowest BCUT2D eigenvalue weighted by atomic mass is 9.82. The van der Waals surface area contributed by atoms with Crippen LogP contribution in [0.5, 0.6) is 0 Å². The smallest absolute Gasteiger partial charge is 0.165 e. The lowest BCUT2D eigenvalue weighted by Gasteiger charge is -2.26. The molecule has 1 atom stereocenters. The molecule has 3 nitrogen and oxygen atoms in total. The van der Waals surface area contributed by atoms with Gasteiger partial charge in [0.15, 0.2) is 5.54 Å². The minimum Gasteiger partial charge on any atom is -0.196 e. The first-order chi connectivity index (χ1) is 6.47. The summed E-state index contributed by atoms with van der Waals surface area (Å²) in [5, 5.41) is 17.5. The SMILES string of the molecule is CC(C)(C)CC(C)(C#N)/N=N/C(C)(C)C. The van der Waals surface area contributed by atoms with Crippen LogP contribution in [0, 0.1) is 16.7 Å². The summed E-state index contributed by atoms with van der Waals surface area (Å²) < 4.78 is 0. The van der Waals surface area contributed by atoms with Crippen molar-refractivity contribution in [3.05, 3.63) is 0 Å².